The molecular formula is C19H23N7O. The van der Waals surface area contributed by atoms with Gasteiger partial charge in [-0.15, -0.1) is 0 Å². The summed E-state index contributed by atoms with van der Waals surface area (Å²) in [5.41, 5.74) is 3.72. The van der Waals surface area contributed by atoms with E-state index in [2.05, 4.69) is 30.9 Å². The number of nitrogens with zero attached hydrogens (tertiary/aromatic N) is 6. The van der Waals surface area contributed by atoms with Crippen LogP contribution in [0.25, 0.3) is 5.65 Å². The summed E-state index contributed by atoms with van der Waals surface area (Å²) in [6.45, 7) is 7.30. The molecule has 3 aromatic rings. The number of aromatic nitrogens is 5. The minimum absolute atomic E-state index is 0.0530. The van der Waals surface area contributed by atoms with Gasteiger partial charge in [-0.3, -0.25) is 9.78 Å². The van der Waals surface area contributed by atoms with E-state index in [9.17, 15) is 4.79 Å². The smallest absolute Gasteiger partial charge is 0.252 e. The zero-order chi connectivity index (χ0) is 18.5. The third kappa shape index (κ3) is 3.05. The molecule has 0 radical (unpaired) electrons. The van der Waals surface area contributed by atoms with Gasteiger partial charge in [-0.1, -0.05) is 0 Å². The molecule has 3 aromatic heterocycles. The summed E-state index contributed by atoms with van der Waals surface area (Å²) < 4.78 is 1.92. The molecule has 8 heteroatoms. The molecule has 0 unspecified atom stereocenters. The van der Waals surface area contributed by atoms with Gasteiger partial charge in [-0.25, -0.2) is 9.97 Å². The summed E-state index contributed by atoms with van der Waals surface area (Å²) in [5.74, 6) is 2.25. The highest BCUT2D eigenvalue weighted by molar-refractivity contribution is 5.53. The fourth-order valence-corrected chi connectivity index (χ4v) is 3.77. The third-order valence-corrected chi connectivity index (χ3v) is 5.31. The Morgan fingerprint density at radius 2 is 1.70 bits per heavy atom. The number of fused-ring (bicyclic) bond motifs is 1. The Morgan fingerprint density at radius 3 is 2.44 bits per heavy atom. The second kappa shape index (κ2) is 6.07. The monoisotopic (exact) mass is 365 g/mol. The van der Waals surface area contributed by atoms with E-state index in [0.29, 0.717) is 11.9 Å². The third-order valence-electron chi connectivity index (χ3n) is 5.31. The topological polar surface area (TPSA) is 82.4 Å². The first kappa shape index (κ1) is 16.3. The molecule has 0 spiro atoms. The largest absolute Gasteiger partial charge is 0.353 e. The molecule has 0 atom stereocenters. The van der Waals surface area contributed by atoms with Crippen LogP contribution >= 0.6 is 0 Å². The Balaban J connectivity index is 1.39. The van der Waals surface area contributed by atoms with Crippen LogP contribution in [-0.2, 0) is 0 Å². The minimum Gasteiger partial charge on any atom is -0.353 e. The number of rotatable bonds is 3. The second-order valence-corrected chi connectivity index (χ2v) is 7.55. The molecule has 8 nitrogen and oxygen atoms in total. The predicted molar refractivity (Wildman–Crippen MR) is 104 cm³/mol. The van der Waals surface area contributed by atoms with Crippen molar-refractivity contribution < 1.29 is 0 Å². The van der Waals surface area contributed by atoms with Gasteiger partial charge >= 0.3 is 0 Å². The van der Waals surface area contributed by atoms with Gasteiger partial charge < -0.3 is 9.80 Å². The van der Waals surface area contributed by atoms with E-state index in [-0.39, 0.29) is 5.56 Å². The minimum atomic E-state index is -0.0530. The predicted octanol–water partition coefficient (Wildman–Crippen LogP) is 1.63. The van der Waals surface area contributed by atoms with Gasteiger partial charge in [-0.2, -0.15) is 9.61 Å². The van der Waals surface area contributed by atoms with Crippen LogP contribution in [0.2, 0.25) is 0 Å². The summed E-state index contributed by atoms with van der Waals surface area (Å²) in [4.78, 5) is 28.7. The van der Waals surface area contributed by atoms with E-state index in [4.69, 9.17) is 4.98 Å². The SMILES string of the molecule is Cc1cc(N2CCN(c3nc(C4CC4)cc(=O)[nH]3)CC2)n2nc(C)cc2n1. The lowest BCUT2D eigenvalue weighted by atomic mass is 10.3. The van der Waals surface area contributed by atoms with Gasteiger partial charge in [0.1, 0.15) is 5.82 Å². The Bertz CT molecular complexity index is 1060. The van der Waals surface area contributed by atoms with E-state index < -0.39 is 0 Å². The average Bonchev–Trinajstić information content (AvgIpc) is 3.43. The molecule has 0 amide bonds. The van der Waals surface area contributed by atoms with Crippen LogP contribution in [0.4, 0.5) is 11.8 Å². The molecule has 27 heavy (non-hydrogen) atoms. The van der Waals surface area contributed by atoms with Gasteiger partial charge in [-0.05, 0) is 26.7 Å². The van der Waals surface area contributed by atoms with Gasteiger partial charge in [0.25, 0.3) is 5.56 Å². The van der Waals surface area contributed by atoms with Crippen LogP contribution in [0.3, 0.4) is 0 Å². The fraction of sp³-hybridized carbons (Fsp3) is 0.474. The number of hydrogen-bond acceptors (Lipinski definition) is 6. The quantitative estimate of drug-likeness (QED) is 0.760. The van der Waals surface area contributed by atoms with E-state index in [1.165, 1.54) is 0 Å². The molecule has 0 aromatic carbocycles. The molecule has 4 heterocycles. The van der Waals surface area contributed by atoms with E-state index in [0.717, 1.165) is 67.6 Å². The highest BCUT2D eigenvalue weighted by Gasteiger charge is 2.27. The molecule has 1 saturated carbocycles. The highest BCUT2D eigenvalue weighted by Crippen LogP contribution is 2.38. The molecular weight excluding hydrogens is 342 g/mol. The van der Waals surface area contributed by atoms with Gasteiger partial charge in [0.15, 0.2) is 5.65 Å². The van der Waals surface area contributed by atoms with Crippen molar-refractivity contribution in [1.82, 2.24) is 24.6 Å². The standard InChI is InChI=1S/C19H23N7O/c1-12-10-18(26-16(20-12)9-13(2)23-26)24-5-7-25(8-6-24)19-21-15(14-3-4-14)11-17(27)22-19/h9-11,14H,3-8H2,1-2H3,(H,21,22,27). The number of H-pyrrole nitrogens is 1. The number of anilines is 2. The molecule has 1 N–H and O–H groups in total. The summed E-state index contributed by atoms with van der Waals surface area (Å²) >= 11 is 0. The van der Waals surface area contributed by atoms with Crippen molar-refractivity contribution in [3.63, 3.8) is 0 Å². The summed E-state index contributed by atoms with van der Waals surface area (Å²) in [5, 5.41) is 4.60. The normalized spacial score (nSPS) is 17.7. The van der Waals surface area contributed by atoms with Crippen molar-refractivity contribution in [2.24, 2.45) is 0 Å². The van der Waals surface area contributed by atoms with Gasteiger partial charge in [0.05, 0.1) is 11.4 Å². The lowest BCUT2D eigenvalue weighted by Crippen LogP contribution is -2.48. The van der Waals surface area contributed by atoms with Crippen molar-refractivity contribution in [2.75, 3.05) is 36.0 Å². The van der Waals surface area contributed by atoms with Crippen molar-refractivity contribution >= 4 is 17.4 Å². The van der Waals surface area contributed by atoms with Crippen LogP contribution in [0.15, 0.2) is 23.0 Å². The maximum atomic E-state index is 12.0. The Kier molecular flexibility index (Phi) is 3.66. The summed E-state index contributed by atoms with van der Waals surface area (Å²) in [7, 11) is 0. The number of piperazine rings is 1. The summed E-state index contributed by atoms with van der Waals surface area (Å²) in [6.07, 6.45) is 2.29. The fourth-order valence-electron chi connectivity index (χ4n) is 3.77. The van der Waals surface area contributed by atoms with Crippen LogP contribution < -0.4 is 15.4 Å². The first-order valence-electron chi connectivity index (χ1n) is 9.52. The molecule has 140 valence electrons. The molecule has 5 rings (SSSR count). The van der Waals surface area contributed by atoms with Crippen LogP contribution in [0, 0.1) is 13.8 Å². The second-order valence-electron chi connectivity index (χ2n) is 7.55. The number of aryl methyl sites for hydroxylation is 2. The summed E-state index contributed by atoms with van der Waals surface area (Å²) in [6, 6.07) is 5.74. The van der Waals surface area contributed by atoms with Gasteiger partial charge in [0, 0.05) is 56.0 Å². The molecule has 1 aliphatic carbocycles. The highest BCUT2D eigenvalue weighted by atomic mass is 16.1. The Hall–Kier alpha value is -2.90. The van der Waals surface area contributed by atoms with Crippen LogP contribution in [-0.4, -0.2) is 50.7 Å². The molecule has 2 aliphatic rings. The van der Waals surface area contributed by atoms with Crippen molar-refractivity contribution in [2.45, 2.75) is 32.6 Å². The molecule has 0 bridgehead atoms. The van der Waals surface area contributed by atoms with Crippen molar-refractivity contribution in [3.8, 4) is 0 Å². The first-order chi connectivity index (χ1) is 13.1. The molecule has 1 saturated heterocycles. The lowest BCUT2D eigenvalue weighted by molar-refractivity contribution is 0.624. The maximum absolute atomic E-state index is 12.0. The van der Waals surface area contributed by atoms with E-state index in [1.54, 1.807) is 6.07 Å². The Morgan fingerprint density at radius 1 is 0.963 bits per heavy atom. The first-order valence-corrected chi connectivity index (χ1v) is 9.52. The van der Waals surface area contributed by atoms with Crippen molar-refractivity contribution in [3.05, 3.63) is 45.6 Å². The number of nitrogens with one attached hydrogen (secondary N) is 1. The maximum Gasteiger partial charge on any atom is 0.252 e. The Labute approximate surface area is 156 Å². The van der Waals surface area contributed by atoms with Crippen LogP contribution in [0.1, 0.15) is 35.8 Å². The average molecular weight is 365 g/mol. The lowest BCUT2D eigenvalue weighted by Gasteiger charge is -2.36. The number of aromatic amines is 1. The molecule has 2 fully saturated rings. The van der Waals surface area contributed by atoms with E-state index >= 15 is 0 Å². The number of hydrogen-bond donors (Lipinski definition) is 1. The van der Waals surface area contributed by atoms with Crippen LogP contribution in [0.5, 0.6) is 0 Å². The van der Waals surface area contributed by atoms with Gasteiger partial charge in [0.2, 0.25) is 5.95 Å². The van der Waals surface area contributed by atoms with Crippen molar-refractivity contribution in [1.29, 1.82) is 0 Å². The molecule has 1 aliphatic heterocycles. The van der Waals surface area contributed by atoms with E-state index in [1.807, 2.05) is 24.4 Å². The zero-order valence-corrected chi connectivity index (χ0v) is 15.6. The zero-order valence-electron chi connectivity index (χ0n) is 15.6.